The average Bonchev–Trinajstić information content (AvgIpc) is 3.09. The molecule has 2 aromatic rings. The van der Waals surface area contributed by atoms with Crippen LogP contribution in [0.25, 0.3) is 0 Å². The fourth-order valence-electron chi connectivity index (χ4n) is 4.24. The molecular formula is C21H26N2O2S. The Morgan fingerprint density at radius 3 is 2.88 bits per heavy atom. The zero-order valence-electron chi connectivity index (χ0n) is 15.2. The van der Waals surface area contributed by atoms with Crippen molar-refractivity contribution in [3.05, 3.63) is 52.2 Å². The fourth-order valence-corrected chi connectivity index (χ4v) is 4.90. The van der Waals surface area contributed by atoms with Crippen LogP contribution in [-0.4, -0.2) is 37.0 Å². The molecule has 4 rings (SSSR count). The summed E-state index contributed by atoms with van der Waals surface area (Å²) in [4.78, 5) is 15.4. The van der Waals surface area contributed by atoms with Crippen molar-refractivity contribution in [1.82, 2.24) is 10.2 Å². The lowest BCUT2D eigenvalue weighted by molar-refractivity contribution is -0.132. The predicted octanol–water partition coefficient (Wildman–Crippen LogP) is 3.47. The van der Waals surface area contributed by atoms with Crippen LogP contribution >= 0.6 is 11.3 Å². The number of thiophene rings is 1. The van der Waals surface area contributed by atoms with Crippen LogP contribution in [0, 0.1) is 5.41 Å². The largest absolute Gasteiger partial charge is 0.497 e. The molecule has 1 aliphatic heterocycles. The number of carbonyl (C=O) groups excluding carboxylic acids is 1. The van der Waals surface area contributed by atoms with Gasteiger partial charge in [0.05, 0.1) is 13.5 Å². The van der Waals surface area contributed by atoms with Gasteiger partial charge in [0.25, 0.3) is 0 Å². The summed E-state index contributed by atoms with van der Waals surface area (Å²) in [5.74, 6) is 1.03. The minimum Gasteiger partial charge on any atom is -0.497 e. The second-order valence-corrected chi connectivity index (χ2v) is 8.29. The molecule has 1 amide bonds. The second-order valence-electron chi connectivity index (χ2n) is 7.51. The summed E-state index contributed by atoms with van der Waals surface area (Å²) in [5.41, 5.74) is 2.61. The minimum absolute atomic E-state index is 0.227. The van der Waals surface area contributed by atoms with Crippen LogP contribution in [0.15, 0.2) is 41.1 Å². The summed E-state index contributed by atoms with van der Waals surface area (Å²) in [6.07, 6.45) is 3.96. The third-order valence-electron chi connectivity index (χ3n) is 5.87. The summed E-state index contributed by atoms with van der Waals surface area (Å²) in [5, 5.41) is 7.70. The van der Waals surface area contributed by atoms with Gasteiger partial charge in [-0.1, -0.05) is 12.1 Å². The van der Waals surface area contributed by atoms with E-state index in [-0.39, 0.29) is 5.91 Å². The van der Waals surface area contributed by atoms with Gasteiger partial charge in [-0.15, -0.1) is 0 Å². The molecule has 4 nitrogen and oxygen atoms in total. The van der Waals surface area contributed by atoms with Gasteiger partial charge < -0.3 is 15.0 Å². The lowest BCUT2D eigenvalue weighted by Crippen LogP contribution is -2.39. The van der Waals surface area contributed by atoms with Gasteiger partial charge in [0, 0.05) is 12.6 Å². The van der Waals surface area contributed by atoms with Crippen molar-refractivity contribution in [3.8, 4) is 5.75 Å². The van der Waals surface area contributed by atoms with Gasteiger partial charge in [0.15, 0.2) is 0 Å². The molecule has 1 atom stereocenters. The third-order valence-corrected chi connectivity index (χ3v) is 6.60. The first-order valence-electron chi connectivity index (χ1n) is 9.34. The third kappa shape index (κ3) is 3.64. The number of nitrogens with one attached hydrogen (secondary N) is 1. The molecule has 0 radical (unpaired) electrons. The maximum atomic E-state index is 13.2. The molecule has 1 aliphatic carbocycles. The van der Waals surface area contributed by atoms with Crippen LogP contribution in [0.5, 0.6) is 5.75 Å². The molecular weight excluding hydrogens is 344 g/mol. The van der Waals surface area contributed by atoms with E-state index >= 15 is 0 Å². The highest BCUT2D eigenvalue weighted by Crippen LogP contribution is 2.56. The van der Waals surface area contributed by atoms with E-state index in [1.54, 1.807) is 18.4 Å². The highest BCUT2D eigenvalue weighted by molar-refractivity contribution is 7.07. The fraction of sp³-hybridized carbons (Fsp3) is 0.476. The number of nitrogens with zero attached hydrogens (tertiary/aromatic N) is 1. The molecule has 1 saturated carbocycles. The number of piperidine rings is 1. The molecule has 1 unspecified atom stereocenters. The molecule has 2 fully saturated rings. The number of carbonyl (C=O) groups is 1. The van der Waals surface area contributed by atoms with Crippen molar-refractivity contribution in [2.45, 2.75) is 38.3 Å². The van der Waals surface area contributed by atoms with E-state index in [9.17, 15) is 4.79 Å². The Balaban J connectivity index is 1.51. The van der Waals surface area contributed by atoms with E-state index in [4.69, 9.17) is 4.74 Å². The van der Waals surface area contributed by atoms with Crippen molar-refractivity contribution in [1.29, 1.82) is 0 Å². The number of hydrogen-bond donors (Lipinski definition) is 1. The van der Waals surface area contributed by atoms with Crippen LogP contribution in [0.3, 0.4) is 0 Å². The van der Waals surface area contributed by atoms with E-state index < -0.39 is 0 Å². The van der Waals surface area contributed by atoms with Crippen molar-refractivity contribution >= 4 is 17.2 Å². The molecule has 1 saturated heterocycles. The van der Waals surface area contributed by atoms with Crippen molar-refractivity contribution in [2.75, 3.05) is 20.2 Å². The molecule has 2 aliphatic rings. The normalized spacial score (nSPS) is 20.7. The van der Waals surface area contributed by atoms with E-state index in [0.717, 1.165) is 37.4 Å². The summed E-state index contributed by atoms with van der Waals surface area (Å²) in [6, 6.07) is 10.4. The smallest absolute Gasteiger partial charge is 0.227 e. The molecule has 138 valence electrons. The molecule has 2 heterocycles. The second kappa shape index (κ2) is 7.41. The van der Waals surface area contributed by atoms with Crippen molar-refractivity contribution in [2.24, 2.45) is 5.41 Å². The van der Waals surface area contributed by atoms with Crippen LogP contribution in [0.1, 0.15) is 30.4 Å². The predicted molar refractivity (Wildman–Crippen MR) is 105 cm³/mol. The number of amides is 1. The van der Waals surface area contributed by atoms with Gasteiger partial charge >= 0.3 is 0 Å². The average molecular weight is 371 g/mol. The topological polar surface area (TPSA) is 41.6 Å². The molecule has 1 aromatic heterocycles. The number of ether oxygens (including phenoxy) is 1. The molecule has 1 N–H and O–H groups in total. The van der Waals surface area contributed by atoms with Gasteiger partial charge in [-0.3, -0.25) is 4.79 Å². The van der Waals surface area contributed by atoms with Crippen LogP contribution in [0.4, 0.5) is 0 Å². The monoisotopic (exact) mass is 370 g/mol. The lowest BCUT2D eigenvalue weighted by atomic mass is 9.93. The Labute approximate surface area is 159 Å². The zero-order valence-corrected chi connectivity index (χ0v) is 16.1. The standard InChI is InChI=1S/C21H26N2O2S/c1-25-18-4-2-3-16(11-18)12-20(24)23(14-17-5-10-26-15-17)19-13-21(19)6-8-22-9-7-21/h2-5,10-11,15,19,22H,6-9,12-14H2,1H3. The Morgan fingerprint density at radius 2 is 2.15 bits per heavy atom. The van der Waals surface area contributed by atoms with Gasteiger partial charge in [0.1, 0.15) is 5.75 Å². The maximum Gasteiger partial charge on any atom is 0.227 e. The van der Waals surface area contributed by atoms with Crippen molar-refractivity contribution < 1.29 is 9.53 Å². The van der Waals surface area contributed by atoms with E-state index in [1.807, 2.05) is 24.3 Å². The molecule has 5 heteroatoms. The minimum atomic E-state index is 0.227. The van der Waals surface area contributed by atoms with Gasteiger partial charge in [-0.05, 0) is 77.9 Å². The SMILES string of the molecule is COc1cccc(CC(=O)N(Cc2ccsc2)C2CC23CCNCC3)c1. The maximum absolute atomic E-state index is 13.2. The quantitative estimate of drug-likeness (QED) is 0.847. The summed E-state index contributed by atoms with van der Waals surface area (Å²) in [6.45, 7) is 2.88. The number of methoxy groups -OCH3 is 1. The Hall–Kier alpha value is -1.85. The first-order chi connectivity index (χ1) is 12.7. The van der Waals surface area contributed by atoms with Gasteiger partial charge in [0.2, 0.25) is 5.91 Å². The molecule has 26 heavy (non-hydrogen) atoms. The Morgan fingerprint density at radius 1 is 1.31 bits per heavy atom. The highest BCUT2D eigenvalue weighted by Gasteiger charge is 2.57. The van der Waals surface area contributed by atoms with E-state index in [2.05, 4.69) is 27.0 Å². The zero-order chi connectivity index (χ0) is 18.0. The number of hydrogen-bond acceptors (Lipinski definition) is 4. The first-order valence-corrected chi connectivity index (χ1v) is 10.3. The first kappa shape index (κ1) is 17.6. The highest BCUT2D eigenvalue weighted by atomic mass is 32.1. The van der Waals surface area contributed by atoms with Crippen LogP contribution in [-0.2, 0) is 17.8 Å². The molecule has 1 aromatic carbocycles. The summed E-state index contributed by atoms with van der Waals surface area (Å²) in [7, 11) is 1.66. The number of benzene rings is 1. The molecule has 1 spiro atoms. The van der Waals surface area contributed by atoms with E-state index in [1.165, 1.54) is 18.4 Å². The Kier molecular flexibility index (Phi) is 5.00. The van der Waals surface area contributed by atoms with Crippen LogP contribution < -0.4 is 10.1 Å². The lowest BCUT2D eigenvalue weighted by Gasteiger charge is -2.29. The van der Waals surface area contributed by atoms with Gasteiger partial charge in [-0.25, -0.2) is 0 Å². The van der Waals surface area contributed by atoms with Gasteiger partial charge in [-0.2, -0.15) is 11.3 Å². The van der Waals surface area contributed by atoms with E-state index in [0.29, 0.717) is 17.9 Å². The number of rotatable bonds is 6. The van der Waals surface area contributed by atoms with Crippen LogP contribution in [0.2, 0.25) is 0 Å². The van der Waals surface area contributed by atoms with Crippen molar-refractivity contribution in [3.63, 3.8) is 0 Å². The Bertz CT molecular complexity index is 753. The summed E-state index contributed by atoms with van der Waals surface area (Å²) < 4.78 is 5.30. The molecule has 0 bridgehead atoms. The summed E-state index contributed by atoms with van der Waals surface area (Å²) >= 11 is 1.70.